The Morgan fingerprint density at radius 2 is 1.33 bits per heavy atom. The van der Waals surface area contributed by atoms with Gasteiger partial charge in [0, 0.05) is 128 Å². The van der Waals surface area contributed by atoms with Gasteiger partial charge in [-0.3, -0.25) is 78.7 Å². The summed E-state index contributed by atoms with van der Waals surface area (Å²) < 4.78 is 33.8. The molecule has 5 amide bonds. The number of fused-ring (bicyclic) bond motifs is 1. The Bertz CT molecular complexity index is 3040. The monoisotopic (exact) mass is 1290 g/mol. The summed E-state index contributed by atoms with van der Waals surface area (Å²) in [4.78, 5) is 117. The summed E-state index contributed by atoms with van der Waals surface area (Å²) in [5, 5.41) is 56.4. The van der Waals surface area contributed by atoms with E-state index in [-0.39, 0.29) is 115 Å². The zero-order valence-corrected chi connectivity index (χ0v) is 51.9. The molecule has 31 heteroatoms. The molecule has 500 valence electrons. The summed E-state index contributed by atoms with van der Waals surface area (Å²) in [7, 11) is 0. The zero-order chi connectivity index (χ0) is 66.3. The standard InChI is InChI=1S/C61H85F2N17O12/c1-45-9-11-46(12-10-45)36-68-71-44-70-67-18-15-47(72-54(82)39-75-20-22-76(40-57(85)86)24-26-78(42-59(89)90)27-25-77(23-21-75)41-58(87)88)37-69-73-53(81)7-3-2-4-8-55(83)79-30-28-74(29-31-79)19-5-6-32-92-49-13-14-52-51(33-49)50(16-17-65-52)60(91)66-38-56(84)80-43-61(62,63)34-48(80)35-64/h9-14,16-18,33,36-37,47-48,70-71H,2-8,15,19-32,34,38-44H2,1H3,(H,66,91)(H,72,82)(H,73,81)(H,85,86)(H,87,88)(H,89,90)/b67-18+,68-36+,69-37-/t47?,48-/m1/s1. The Hall–Kier alpha value is -8.83. The summed E-state index contributed by atoms with van der Waals surface area (Å²) in [5.41, 5.74) is 11.0. The van der Waals surface area contributed by atoms with Crippen LogP contribution in [0.4, 0.5) is 8.78 Å². The van der Waals surface area contributed by atoms with Gasteiger partial charge in [-0.1, -0.05) is 36.2 Å². The lowest BCUT2D eigenvalue weighted by atomic mass is 10.1. The van der Waals surface area contributed by atoms with E-state index in [0.29, 0.717) is 62.0 Å². The number of rotatable bonds is 33. The van der Waals surface area contributed by atoms with Crippen molar-refractivity contribution in [1.29, 1.82) is 5.26 Å². The first-order valence-electron chi connectivity index (χ1n) is 30.8. The lowest BCUT2D eigenvalue weighted by molar-refractivity contribution is -0.140. The van der Waals surface area contributed by atoms with Gasteiger partial charge in [0.1, 0.15) is 18.5 Å². The predicted octanol–water partition coefficient (Wildman–Crippen LogP) is 0.895. The zero-order valence-electron chi connectivity index (χ0n) is 51.9. The number of carboxylic acid groups (broad SMARTS) is 3. The van der Waals surface area contributed by atoms with E-state index < -0.39 is 73.1 Å². The fraction of sp³-hybridized carbons (Fsp3) is 0.557. The lowest BCUT2D eigenvalue weighted by Crippen LogP contribution is -2.50. The van der Waals surface area contributed by atoms with E-state index in [9.17, 15) is 67.7 Å². The number of piperazine rings is 1. The number of halogens is 2. The maximum absolute atomic E-state index is 13.9. The number of nitrogens with one attached hydrogen (secondary N) is 5. The van der Waals surface area contributed by atoms with Crippen LogP contribution in [0.1, 0.15) is 79.3 Å². The molecule has 1 unspecified atom stereocenters. The molecule has 92 heavy (non-hydrogen) atoms. The summed E-state index contributed by atoms with van der Waals surface area (Å²) >= 11 is 0. The number of amides is 5. The summed E-state index contributed by atoms with van der Waals surface area (Å²) in [6, 6.07) is 14.2. The Morgan fingerprint density at radius 1 is 0.717 bits per heavy atom. The Morgan fingerprint density at radius 3 is 1.96 bits per heavy atom. The largest absolute Gasteiger partial charge is 0.494 e. The molecule has 3 fully saturated rings. The Balaban J connectivity index is 0.897. The van der Waals surface area contributed by atoms with E-state index in [1.165, 1.54) is 24.7 Å². The Kier molecular flexibility index (Phi) is 29.9. The van der Waals surface area contributed by atoms with Crippen molar-refractivity contribution in [2.45, 2.75) is 82.7 Å². The number of nitrogens with zero attached hydrogens (tertiary/aromatic N) is 12. The van der Waals surface area contributed by atoms with Gasteiger partial charge in [-0.25, -0.2) is 14.2 Å². The normalized spacial score (nSPS) is 17.8. The predicted molar refractivity (Wildman–Crippen MR) is 336 cm³/mol. The fourth-order valence-corrected chi connectivity index (χ4v) is 10.5. The molecule has 0 spiro atoms. The van der Waals surface area contributed by atoms with Gasteiger partial charge in [-0.2, -0.15) is 20.6 Å². The first kappa shape index (κ1) is 72.2. The first-order valence-corrected chi connectivity index (χ1v) is 30.8. The number of nitriles is 1. The van der Waals surface area contributed by atoms with E-state index in [1.54, 1.807) is 50.1 Å². The van der Waals surface area contributed by atoms with Crippen molar-refractivity contribution in [1.82, 2.24) is 66.2 Å². The van der Waals surface area contributed by atoms with Crippen molar-refractivity contribution in [2.75, 3.05) is 138 Å². The number of hydrazone groups is 3. The molecular weight excluding hydrogens is 1200 g/mol. The number of benzene rings is 2. The van der Waals surface area contributed by atoms with Gasteiger partial charge in [-0.15, -0.1) is 0 Å². The highest BCUT2D eigenvalue weighted by Gasteiger charge is 2.47. The highest BCUT2D eigenvalue weighted by Crippen LogP contribution is 2.32. The number of hydrogen-bond acceptors (Lipinski definition) is 21. The van der Waals surface area contributed by atoms with Gasteiger partial charge in [0.15, 0.2) is 0 Å². The highest BCUT2D eigenvalue weighted by atomic mass is 19.3. The van der Waals surface area contributed by atoms with E-state index in [1.807, 2.05) is 36.1 Å². The number of likely N-dealkylation sites (tertiary alicyclic amines) is 1. The molecule has 0 radical (unpaired) electrons. The van der Waals surface area contributed by atoms with Crippen LogP contribution in [0.25, 0.3) is 10.9 Å². The number of carbonyl (C=O) groups is 8. The van der Waals surface area contributed by atoms with Gasteiger partial charge >= 0.3 is 17.9 Å². The van der Waals surface area contributed by atoms with Gasteiger partial charge in [0.25, 0.3) is 11.8 Å². The maximum Gasteiger partial charge on any atom is 0.317 e. The molecule has 3 saturated heterocycles. The summed E-state index contributed by atoms with van der Waals surface area (Å²) in [6.07, 6.45) is 9.24. The van der Waals surface area contributed by atoms with Crippen molar-refractivity contribution >= 4 is 77.0 Å². The molecule has 6 rings (SSSR count). The molecule has 3 aliphatic rings. The molecule has 8 N–H and O–H groups in total. The highest BCUT2D eigenvalue weighted by molar-refractivity contribution is 6.07. The van der Waals surface area contributed by atoms with E-state index in [2.05, 4.69) is 52.1 Å². The van der Waals surface area contributed by atoms with Crippen LogP contribution in [-0.2, 0) is 33.6 Å². The lowest BCUT2D eigenvalue weighted by Gasteiger charge is -2.34. The first-order chi connectivity index (χ1) is 44.2. The van der Waals surface area contributed by atoms with E-state index in [4.69, 9.17) is 4.74 Å². The number of carbonyl (C=O) groups excluding carboxylic acids is 5. The van der Waals surface area contributed by atoms with E-state index >= 15 is 0 Å². The average Bonchev–Trinajstić information content (AvgIpc) is 1.32. The third kappa shape index (κ3) is 26.6. The number of aromatic nitrogens is 1. The molecular formula is C61H85F2N17O12. The summed E-state index contributed by atoms with van der Waals surface area (Å²) in [5.74, 6) is -7.99. The second-order valence-corrected chi connectivity index (χ2v) is 22.8. The molecule has 0 aliphatic carbocycles. The van der Waals surface area contributed by atoms with Crippen LogP contribution in [0.15, 0.2) is 70.0 Å². The van der Waals surface area contributed by atoms with Crippen molar-refractivity contribution in [3.05, 3.63) is 71.4 Å². The number of pyridine rings is 1. The number of aliphatic carboxylic acids is 3. The van der Waals surface area contributed by atoms with Crippen molar-refractivity contribution in [3.63, 3.8) is 0 Å². The number of alkyl halides is 2. The van der Waals surface area contributed by atoms with Crippen LogP contribution in [0, 0.1) is 18.3 Å². The van der Waals surface area contributed by atoms with Crippen molar-refractivity contribution < 1.29 is 67.2 Å². The second-order valence-electron chi connectivity index (χ2n) is 22.8. The fourth-order valence-electron chi connectivity index (χ4n) is 10.5. The molecule has 0 saturated carbocycles. The molecule has 29 nitrogen and oxygen atoms in total. The quantitative estimate of drug-likeness (QED) is 0.0182. The molecule has 3 aromatic rings. The molecule has 0 bridgehead atoms. The minimum atomic E-state index is -3.17. The van der Waals surface area contributed by atoms with E-state index in [0.717, 1.165) is 48.5 Å². The van der Waals surface area contributed by atoms with Gasteiger partial charge in [0.05, 0.1) is 75.3 Å². The number of aryl methyl sites for hydroxylation is 1. The average molecular weight is 1290 g/mol. The van der Waals surface area contributed by atoms with Crippen LogP contribution in [0.5, 0.6) is 5.75 Å². The maximum atomic E-state index is 13.9. The topological polar surface area (TPSA) is 363 Å². The van der Waals surface area contributed by atoms with Crippen LogP contribution >= 0.6 is 0 Å². The van der Waals surface area contributed by atoms with Crippen LogP contribution in [0.3, 0.4) is 0 Å². The van der Waals surface area contributed by atoms with Gasteiger partial charge in [-0.05, 0) is 69.0 Å². The van der Waals surface area contributed by atoms with Crippen molar-refractivity contribution in [2.24, 2.45) is 15.3 Å². The number of unbranched alkanes of at least 4 members (excludes halogenated alkanes) is 3. The Labute approximate surface area is 532 Å². The number of hydrogen-bond donors (Lipinski definition) is 8. The third-order valence-electron chi connectivity index (χ3n) is 15.5. The SMILES string of the molecule is Cc1ccc(/C=N/NCN/N=C/CC(/C=N\NC(=O)CCCCCC(=O)N2CCN(CCCCOc3ccc4nccc(C(=O)NCC(=O)N5CC(F)(F)C[C@@H]5C#N)c4c3)CC2)NC(=O)CN2CCN(CC(=O)O)CCN(CC(=O)O)CCN(CC(=O)O)CC2)cc1. The van der Waals surface area contributed by atoms with Crippen LogP contribution in [-0.4, -0.2) is 276 Å². The molecule has 3 aliphatic heterocycles. The molecule has 2 atom stereocenters. The summed E-state index contributed by atoms with van der Waals surface area (Å²) in [6.45, 7) is 5.35. The van der Waals surface area contributed by atoms with Crippen LogP contribution in [0.2, 0.25) is 0 Å². The number of carboxylic acids is 3. The number of ether oxygens (including phenoxy) is 1. The second kappa shape index (κ2) is 38.1. The molecule has 2 aromatic carbocycles. The minimum absolute atomic E-state index is 0.0548. The smallest absolute Gasteiger partial charge is 0.317 e. The molecule has 1 aromatic heterocycles. The molecule has 4 heterocycles. The third-order valence-corrected chi connectivity index (χ3v) is 15.5. The van der Waals surface area contributed by atoms with Gasteiger partial charge < -0.3 is 40.5 Å². The van der Waals surface area contributed by atoms with Gasteiger partial charge in [0.2, 0.25) is 23.6 Å². The van der Waals surface area contributed by atoms with Crippen molar-refractivity contribution in [3.8, 4) is 11.8 Å². The minimum Gasteiger partial charge on any atom is -0.494 e. The van der Waals surface area contributed by atoms with Crippen LogP contribution < -0.4 is 31.6 Å².